The van der Waals surface area contributed by atoms with Crippen LogP contribution in [0, 0.1) is 6.92 Å². The number of nitrogens with one attached hydrogen (secondary N) is 2. The molecular formula is C25H35N5O4S2. The molecule has 0 radical (unpaired) electrons. The molecular weight excluding hydrogens is 498 g/mol. The Kier molecular flexibility index (Phi) is 7.99. The summed E-state index contributed by atoms with van der Waals surface area (Å²) in [5.41, 5.74) is 1.99. The van der Waals surface area contributed by atoms with Gasteiger partial charge < -0.3 is 15.5 Å². The molecule has 2 aromatic heterocycles. The third-order valence-corrected chi connectivity index (χ3v) is 9.89. The van der Waals surface area contributed by atoms with Gasteiger partial charge in [0.1, 0.15) is 21.3 Å². The minimum Gasteiger partial charge on any atom is -0.368 e. The standard InChI is InChI=1S/C25H35N5O4S2/c1-5-16(3)27-20-13-15(2)19(14-26-20)22-21(25(32)30-10-6-7-17(30)4)29-24(35-22)23(31)28-18-8-11-36(33,34)12-9-18/h13-14,16-18H,5-12H2,1-4H3,(H,26,27)(H,28,31)/t16-,17+/m1/s1. The molecule has 2 N–H and O–H groups in total. The van der Waals surface area contributed by atoms with Gasteiger partial charge in [-0.05, 0) is 64.5 Å². The highest BCUT2D eigenvalue weighted by Gasteiger charge is 2.33. The highest BCUT2D eigenvalue weighted by molar-refractivity contribution is 7.91. The Morgan fingerprint density at radius 2 is 1.97 bits per heavy atom. The van der Waals surface area contributed by atoms with Gasteiger partial charge in [-0.25, -0.2) is 18.4 Å². The van der Waals surface area contributed by atoms with Gasteiger partial charge in [-0.3, -0.25) is 9.59 Å². The summed E-state index contributed by atoms with van der Waals surface area (Å²) in [5, 5.41) is 6.50. The fourth-order valence-electron chi connectivity index (χ4n) is 4.62. The van der Waals surface area contributed by atoms with E-state index >= 15 is 0 Å². The predicted molar refractivity (Wildman–Crippen MR) is 142 cm³/mol. The van der Waals surface area contributed by atoms with Crippen molar-refractivity contribution in [2.24, 2.45) is 0 Å². The maximum Gasteiger partial charge on any atom is 0.280 e. The van der Waals surface area contributed by atoms with Gasteiger partial charge in [0.05, 0.1) is 16.4 Å². The summed E-state index contributed by atoms with van der Waals surface area (Å²) in [6.07, 6.45) is 5.37. The zero-order valence-electron chi connectivity index (χ0n) is 21.3. The van der Waals surface area contributed by atoms with Crippen molar-refractivity contribution in [2.45, 2.75) is 77.9 Å². The van der Waals surface area contributed by atoms with Gasteiger partial charge >= 0.3 is 0 Å². The quantitative estimate of drug-likeness (QED) is 0.557. The summed E-state index contributed by atoms with van der Waals surface area (Å²) in [4.78, 5) is 38.2. The largest absolute Gasteiger partial charge is 0.368 e. The summed E-state index contributed by atoms with van der Waals surface area (Å²) in [6.45, 7) is 8.86. The molecule has 4 rings (SSSR count). The number of rotatable bonds is 7. The Balaban J connectivity index is 1.65. The van der Waals surface area contributed by atoms with E-state index in [1.165, 1.54) is 11.3 Å². The number of amides is 2. The normalized spacial score (nSPS) is 20.8. The summed E-state index contributed by atoms with van der Waals surface area (Å²) >= 11 is 1.19. The number of anilines is 1. The number of carbonyl (C=O) groups is 2. The molecule has 2 fully saturated rings. The van der Waals surface area contributed by atoms with Crippen molar-refractivity contribution < 1.29 is 18.0 Å². The Hall–Kier alpha value is -2.53. The van der Waals surface area contributed by atoms with E-state index in [1.807, 2.05) is 24.8 Å². The summed E-state index contributed by atoms with van der Waals surface area (Å²) in [6, 6.07) is 2.14. The van der Waals surface area contributed by atoms with Crippen molar-refractivity contribution in [3.05, 3.63) is 28.5 Å². The minimum atomic E-state index is -3.03. The number of hydrogen-bond donors (Lipinski definition) is 2. The Morgan fingerprint density at radius 1 is 1.25 bits per heavy atom. The van der Waals surface area contributed by atoms with Crippen LogP contribution in [0.2, 0.25) is 0 Å². The lowest BCUT2D eigenvalue weighted by molar-refractivity contribution is 0.0743. The van der Waals surface area contributed by atoms with Crippen molar-refractivity contribution in [1.29, 1.82) is 0 Å². The molecule has 2 atom stereocenters. The Labute approximate surface area is 217 Å². The number of nitrogens with zero attached hydrogens (tertiary/aromatic N) is 3. The van der Waals surface area contributed by atoms with Gasteiger partial charge in [0.25, 0.3) is 11.8 Å². The number of hydrogen-bond acceptors (Lipinski definition) is 8. The second kappa shape index (κ2) is 10.8. The lowest BCUT2D eigenvalue weighted by Gasteiger charge is -2.22. The SMILES string of the molecule is CC[C@@H](C)Nc1cc(C)c(-c2sc(C(=O)NC3CCS(=O)(=O)CC3)nc2C(=O)N2CCC[C@@H]2C)cn1. The van der Waals surface area contributed by atoms with Gasteiger partial charge in [0, 0.05) is 36.4 Å². The fourth-order valence-corrected chi connectivity index (χ4v) is 7.15. The summed E-state index contributed by atoms with van der Waals surface area (Å²) in [7, 11) is -3.03. The van der Waals surface area contributed by atoms with Crippen LogP contribution in [0.3, 0.4) is 0 Å². The first-order valence-electron chi connectivity index (χ1n) is 12.6. The molecule has 2 aliphatic rings. The van der Waals surface area contributed by atoms with Crippen LogP contribution in [0.5, 0.6) is 0 Å². The zero-order valence-corrected chi connectivity index (χ0v) is 23.0. The van der Waals surface area contributed by atoms with Crippen molar-refractivity contribution in [3.63, 3.8) is 0 Å². The number of aromatic nitrogens is 2. The Morgan fingerprint density at radius 3 is 2.58 bits per heavy atom. The van der Waals surface area contributed by atoms with E-state index < -0.39 is 9.84 Å². The van der Waals surface area contributed by atoms with E-state index in [4.69, 9.17) is 0 Å². The first kappa shape index (κ1) is 26.5. The van der Waals surface area contributed by atoms with Crippen LogP contribution in [-0.4, -0.2) is 71.3 Å². The molecule has 0 aliphatic carbocycles. The van der Waals surface area contributed by atoms with Gasteiger partial charge in [-0.2, -0.15) is 0 Å². The van der Waals surface area contributed by atoms with E-state index in [1.54, 1.807) is 6.20 Å². The average molecular weight is 534 g/mol. The van der Waals surface area contributed by atoms with E-state index in [9.17, 15) is 18.0 Å². The molecule has 2 saturated heterocycles. The smallest absolute Gasteiger partial charge is 0.280 e. The molecule has 0 bridgehead atoms. The maximum atomic E-state index is 13.6. The van der Waals surface area contributed by atoms with Gasteiger partial charge in [0.15, 0.2) is 5.01 Å². The Bertz CT molecular complexity index is 1230. The van der Waals surface area contributed by atoms with E-state index in [0.717, 1.165) is 36.2 Å². The van der Waals surface area contributed by atoms with Crippen LogP contribution in [0.4, 0.5) is 5.82 Å². The predicted octanol–water partition coefficient (Wildman–Crippen LogP) is 3.66. The minimum absolute atomic E-state index is 0.0690. The highest BCUT2D eigenvalue weighted by atomic mass is 32.2. The summed E-state index contributed by atoms with van der Waals surface area (Å²) in [5.74, 6) is 0.357. The van der Waals surface area contributed by atoms with Crippen LogP contribution in [0.1, 0.15) is 78.7 Å². The molecule has 2 aliphatic heterocycles. The number of thiazole rings is 1. The number of pyridine rings is 1. The van der Waals surface area contributed by atoms with Crippen molar-refractivity contribution >= 4 is 38.8 Å². The van der Waals surface area contributed by atoms with Crippen LogP contribution in [0.25, 0.3) is 10.4 Å². The molecule has 0 aromatic carbocycles. The number of sulfone groups is 1. The topological polar surface area (TPSA) is 121 Å². The van der Waals surface area contributed by atoms with Crippen molar-refractivity contribution in [3.8, 4) is 10.4 Å². The molecule has 0 saturated carbocycles. The molecule has 2 aromatic rings. The average Bonchev–Trinajstić information content (AvgIpc) is 3.47. The fraction of sp³-hybridized carbons (Fsp3) is 0.600. The molecule has 4 heterocycles. The van der Waals surface area contributed by atoms with Crippen LogP contribution in [-0.2, 0) is 9.84 Å². The summed E-state index contributed by atoms with van der Waals surface area (Å²) < 4.78 is 23.5. The molecule has 11 heteroatoms. The second-order valence-electron chi connectivity index (χ2n) is 9.92. The number of likely N-dealkylation sites (tertiary alicyclic amines) is 1. The highest BCUT2D eigenvalue weighted by Crippen LogP contribution is 2.35. The van der Waals surface area contributed by atoms with Gasteiger partial charge in [0.2, 0.25) is 0 Å². The molecule has 0 spiro atoms. The lowest BCUT2D eigenvalue weighted by atomic mass is 10.1. The van der Waals surface area contributed by atoms with E-state index in [0.29, 0.717) is 24.3 Å². The molecule has 9 nitrogen and oxygen atoms in total. The first-order valence-corrected chi connectivity index (χ1v) is 15.3. The third-order valence-electron chi connectivity index (χ3n) is 7.09. The number of aryl methyl sites for hydroxylation is 1. The maximum absolute atomic E-state index is 13.6. The van der Waals surface area contributed by atoms with Crippen molar-refractivity contribution in [2.75, 3.05) is 23.4 Å². The van der Waals surface area contributed by atoms with Crippen LogP contribution >= 0.6 is 11.3 Å². The third kappa shape index (κ3) is 5.88. The van der Waals surface area contributed by atoms with E-state index in [-0.39, 0.29) is 52.1 Å². The van der Waals surface area contributed by atoms with Gasteiger partial charge in [-0.1, -0.05) is 6.92 Å². The molecule has 0 unspecified atom stereocenters. The number of carbonyl (C=O) groups excluding carboxylic acids is 2. The van der Waals surface area contributed by atoms with Crippen molar-refractivity contribution in [1.82, 2.24) is 20.2 Å². The molecule has 36 heavy (non-hydrogen) atoms. The lowest BCUT2D eigenvalue weighted by Crippen LogP contribution is -2.40. The second-order valence-corrected chi connectivity index (χ2v) is 13.2. The molecule has 2 amide bonds. The van der Waals surface area contributed by atoms with Crippen LogP contribution in [0.15, 0.2) is 12.3 Å². The monoisotopic (exact) mass is 533 g/mol. The molecule has 196 valence electrons. The van der Waals surface area contributed by atoms with Crippen LogP contribution < -0.4 is 10.6 Å². The van der Waals surface area contributed by atoms with E-state index in [2.05, 4.69) is 34.4 Å². The first-order chi connectivity index (χ1) is 17.1. The van der Waals surface area contributed by atoms with Gasteiger partial charge in [-0.15, -0.1) is 11.3 Å². The zero-order chi connectivity index (χ0) is 26.0.